The lowest BCUT2D eigenvalue weighted by atomic mass is 9.65. The normalized spacial score (nSPS) is 29.2. The molecular formula is C15H28OS. The predicted octanol–water partition coefficient (Wildman–Crippen LogP) is 4.12. The third-order valence-electron chi connectivity index (χ3n) is 4.10. The van der Waals surface area contributed by atoms with Crippen LogP contribution in [-0.2, 0) is 0 Å². The zero-order chi connectivity index (χ0) is 12.9. The molecule has 17 heavy (non-hydrogen) atoms. The fraction of sp³-hybridized carbons (Fsp3) is 0.867. The van der Waals surface area contributed by atoms with E-state index in [9.17, 15) is 0 Å². The monoisotopic (exact) mass is 256 g/mol. The van der Waals surface area contributed by atoms with Crippen molar-refractivity contribution in [3.8, 4) is 0 Å². The molecule has 0 aromatic rings. The van der Waals surface area contributed by atoms with Gasteiger partial charge < -0.3 is 5.11 Å². The molecule has 0 saturated heterocycles. The first-order valence-electron chi connectivity index (χ1n) is 6.86. The van der Waals surface area contributed by atoms with Crippen LogP contribution in [0.4, 0.5) is 0 Å². The third kappa shape index (κ3) is 4.67. The van der Waals surface area contributed by atoms with E-state index in [1.54, 1.807) is 0 Å². The molecule has 0 aliphatic heterocycles. The molecule has 3 atom stereocenters. The molecule has 1 aliphatic carbocycles. The Kier molecular flexibility index (Phi) is 6.08. The van der Waals surface area contributed by atoms with E-state index < -0.39 is 0 Å². The van der Waals surface area contributed by atoms with Gasteiger partial charge in [-0.2, -0.15) is 11.8 Å². The number of aliphatic hydroxyl groups is 1. The summed E-state index contributed by atoms with van der Waals surface area (Å²) in [7, 11) is 0. The Morgan fingerprint density at radius 1 is 1.47 bits per heavy atom. The second-order valence-corrected chi connectivity index (χ2v) is 7.62. The highest BCUT2D eigenvalue weighted by Crippen LogP contribution is 2.43. The van der Waals surface area contributed by atoms with Crippen molar-refractivity contribution in [3.63, 3.8) is 0 Å². The number of thioether (sulfide) groups is 1. The minimum atomic E-state index is 0.309. The smallest absolute Gasteiger partial charge is 0.0521 e. The Balaban J connectivity index is 2.41. The lowest BCUT2D eigenvalue weighted by Gasteiger charge is -2.40. The molecule has 1 rings (SSSR count). The summed E-state index contributed by atoms with van der Waals surface area (Å²) in [4.78, 5) is 0. The zero-order valence-corrected chi connectivity index (χ0v) is 12.6. The minimum Gasteiger partial charge on any atom is -0.396 e. The Morgan fingerprint density at radius 3 is 2.76 bits per heavy atom. The number of aliphatic hydroxyl groups excluding tert-OH is 1. The first kappa shape index (κ1) is 15.1. The highest BCUT2D eigenvalue weighted by atomic mass is 32.2. The quantitative estimate of drug-likeness (QED) is 0.721. The van der Waals surface area contributed by atoms with Crippen LogP contribution in [0.25, 0.3) is 0 Å². The van der Waals surface area contributed by atoms with Crippen molar-refractivity contribution >= 4 is 11.8 Å². The Bertz CT molecular complexity index is 247. The summed E-state index contributed by atoms with van der Waals surface area (Å²) < 4.78 is 0. The molecule has 0 bridgehead atoms. The first-order chi connectivity index (χ1) is 7.97. The van der Waals surface area contributed by atoms with E-state index in [0.29, 0.717) is 23.2 Å². The fourth-order valence-corrected chi connectivity index (χ4v) is 3.80. The van der Waals surface area contributed by atoms with Crippen molar-refractivity contribution in [2.45, 2.75) is 52.2 Å². The second-order valence-electron chi connectivity index (χ2n) is 6.07. The van der Waals surface area contributed by atoms with Gasteiger partial charge in [0.2, 0.25) is 0 Å². The maximum atomic E-state index is 8.83. The van der Waals surface area contributed by atoms with E-state index in [-0.39, 0.29) is 0 Å². The van der Waals surface area contributed by atoms with Gasteiger partial charge in [-0.1, -0.05) is 39.8 Å². The molecule has 2 heteroatoms. The lowest BCUT2D eigenvalue weighted by Crippen LogP contribution is -2.31. The van der Waals surface area contributed by atoms with Gasteiger partial charge in [-0.25, -0.2) is 0 Å². The number of hydrogen-bond donors (Lipinski definition) is 1. The van der Waals surface area contributed by atoms with Crippen molar-refractivity contribution in [2.24, 2.45) is 17.3 Å². The van der Waals surface area contributed by atoms with Crippen LogP contribution in [0.1, 0.15) is 47.0 Å². The highest BCUT2D eigenvalue weighted by molar-refractivity contribution is 7.99. The van der Waals surface area contributed by atoms with Gasteiger partial charge in [0.1, 0.15) is 0 Å². The molecule has 3 unspecified atom stereocenters. The molecule has 1 aliphatic rings. The molecule has 0 amide bonds. The molecule has 1 nitrogen and oxygen atoms in total. The summed E-state index contributed by atoms with van der Waals surface area (Å²) in [6.07, 6.45) is 8.56. The second kappa shape index (κ2) is 6.84. The summed E-state index contributed by atoms with van der Waals surface area (Å²) in [5, 5.41) is 9.50. The van der Waals surface area contributed by atoms with Crippen molar-refractivity contribution < 1.29 is 5.11 Å². The number of rotatable bonds is 6. The van der Waals surface area contributed by atoms with Crippen molar-refractivity contribution in [3.05, 3.63) is 12.2 Å². The molecule has 0 aromatic carbocycles. The molecule has 0 heterocycles. The average molecular weight is 256 g/mol. The Labute approximate surface area is 111 Å². The average Bonchev–Trinajstić information content (AvgIpc) is 2.24. The van der Waals surface area contributed by atoms with Crippen LogP contribution in [0.3, 0.4) is 0 Å². The van der Waals surface area contributed by atoms with Gasteiger partial charge in [0, 0.05) is 11.0 Å². The molecule has 100 valence electrons. The van der Waals surface area contributed by atoms with Crippen LogP contribution >= 0.6 is 11.8 Å². The largest absolute Gasteiger partial charge is 0.396 e. The van der Waals surface area contributed by atoms with E-state index in [1.807, 2.05) is 11.8 Å². The summed E-state index contributed by atoms with van der Waals surface area (Å²) in [5.41, 5.74) is 0.454. The van der Waals surface area contributed by atoms with Gasteiger partial charge in [0.25, 0.3) is 0 Å². The molecule has 0 spiro atoms. The van der Waals surface area contributed by atoms with Crippen LogP contribution in [0.2, 0.25) is 0 Å². The van der Waals surface area contributed by atoms with E-state index >= 15 is 0 Å². The Morgan fingerprint density at radius 2 is 2.18 bits per heavy atom. The lowest BCUT2D eigenvalue weighted by molar-refractivity contribution is 0.146. The maximum Gasteiger partial charge on any atom is 0.0521 e. The van der Waals surface area contributed by atoms with Crippen molar-refractivity contribution in [1.82, 2.24) is 0 Å². The summed E-state index contributed by atoms with van der Waals surface area (Å²) >= 11 is 1.90. The fourth-order valence-electron chi connectivity index (χ4n) is 2.99. The molecule has 1 N–H and O–H groups in total. The molecule has 0 saturated carbocycles. The van der Waals surface area contributed by atoms with E-state index in [4.69, 9.17) is 5.11 Å². The molecular weight excluding hydrogens is 228 g/mol. The zero-order valence-electron chi connectivity index (χ0n) is 11.8. The summed E-state index contributed by atoms with van der Waals surface area (Å²) in [5.74, 6) is 2.41. The Hall–Kier alpha value is 0.0500. The molecule has 0 fully saturated rings. The van der Waals surface area contributed by atoms with Gasteiger partial charge in [0.05, 0.1) is 6.61 Å². The number of allylic oxidation sites excluding steroid dienone is 2. The molecule has 0 aromatic heterocycles. The van der Waals surface area contributed by atoms with Gasteiger partial charge in [-0.05, 0) is 36.5 Å². The van der Waals surface area contributed by atoms with Crippen LogP contribution in [-0.4, -0.2) is 22.7 Å². The third-order valence-corrected chi connectivity index (χ3v) is 5.32. The SMILES string of the molecule is CC(CCC1C(C)C=CCC1(C)C)SCCO. The van der Waals surface area contributed by atoms with E-state index in [2.05, 4.69) is 39.8 Å². The van der Waals surface area contributed by atoms with E-state index in [0.717, 1.165) is 11.7 Å². The van der Waals surface area contributed by atoms with Crippen molar-refractivity contribution in [2.75, 3.05) is 12.4 Å². The predicted molar refractivity (Wildman–Crippen MR) is 78.4 cm³/mol. The minimum absolute atomic E-state index is 0.309. The summed E-state index contributed by atoms with van der Waals surface area (Å²) in [6.45, 7) is 9.76. The van der Waals surface area contributed by atoms with Gasteiger partial charge in [-0.15, -0.1) is 0 Å². The number of hydrogen-bond acceptors (Lipinski definition) is 2. The van der Waals surface area contributed by atoms with Gasteiger partial charge in [0.15, 0.2) is 0 Å². The highest BCUT2D eigenvalue weighted by Gasteiger charge is 2.33. The van der Waals surface area contributed by atoms with E-state index in [1.165, 1.54) is 19.3 Å². The maximum absolute atomic E-state index is 8.83. The van der Waals surface area contributed by atoms with Crippen LogP contribution < -0.4 is 0 Å². The van der Waals surface area contributed by atoms with Crippen LogP contribution in [0.15, 0.2) is 12.2 Å². The summed E-state index contributed by atoms with van der Waals surface area (Å²) in [6, 6.07) is 0. The first-order valence-corrected chi connectivity index (χ1v) is 7.91. The van der Waals surface area contributed by atoms with Gasteiger partial charge in [-0.3, -0.25) is 0 Å². The van der Waals surface area contributed by atoms with Gasteiger partial charge >= 0.3 is 0 Å². The van der Waals surface area contributed by atoms with Crippen molar-refractivity contribution in [1.29, 1.82) is 0 Å². The van der Waals surface area contributed by atoms with Crippen LogP contribution in [0.5, 0.6) is 0 Å². The van der Waals surface area contributed by atoms with Crippen LogP contribution in [0, 0.1) is 17.3 Å². The molecule has 0 radical (unpaired) electrons. The topological polar surface area (TPSA) is 20.2 Å². The standard InChI is InChI=1S/C15H28OS/c1-12-6-5-9-15(3,4)14(12)8-7-13(2)17-11-10-16/h5-6,12-14,16H,7-11H2,1-4H3.